The SMILES string of the molecule is CC1(C)COCC(CC(=O)N2CCC[C@H](CNC(=O)Cc3cn[nH]c3)C2)O1. The molecule has 1 unspecified atom stereocenters. The number of carbonyl (C=O) groups excluding carboxylic acids is 2. The highest BCUT2D eigenvalue weighted by molar-refractivity contribution is 5.78. The van der Waals surface area contributed by atoms with Crippen LogP contribution in [-0.4, -0.2) is 71.5 Å². The fourth-order valence-corrected chi connectivity index (χ4v) is 3.72. The number of piperidine rings is 1. The highest BCUT2D eigenvalue weighted by Crippen LogP contribution is 2.22. The van der Waals surface area contributed by atoms with E-state index in [0.717, 1.165) is 24.9 Å². The molecule has 2 aliphatic rings. The smallest absolute Gasteiger partial charge is 0.225 e. The number of aromatic amines is 1. The molecule has 1 aromatic rings. The van der Waals surface area contributed by atoms with Crippen LogP contribution < -0.4 is 5.32 Å². The van der Waals surface area contributed by atoms with Crippen molar-refractivity contribution in [1.29, 1.82) is 0 Å². The van der Waals surface area contributed by atoms with E-state index in [1.54, 1.807) is 12.4 Å². The fourth-order valence-electron chi connectivity index (χ4n) is 3.72. The Morgan fingerprint density at radius 3 is 3.04 bits per heavy atom. The Labute approximate surface area is 160 Å². The fraction of sp³-hybridized carbons (Fsp3) is 0.737. The monoisotopic (exact) mass is 378 g/mol. The maximum atomic E-state index is 12.7. The standard InChI is InChI=1S/C19H30N4O4/c1-19(2)13-26-12-16(27-19)7-18(25)23-5-3-4-14(11-23)8-20-17(24)6-15-9-21-22-10-15/h9-10,14,16H,3-8,11-13H2,1-2H3,(H,20,24)(H,21,22)/t14-,16?/m1/s1. The Kier molecular flexibility index (Phi) is 6.49. The number of amides is 2. The zero-order valence-corrected chi connectivity index (χ0v) is 16.2. The van der Waals surface area contributed by atoms with Crippen LogP contribution in [0.5, 0.6) is 0 Å². The molecule has 2 N–H and O–H groups in total. The van der Waals surface area contributed by atoms with Gasteiger partial charge in [-0.1, -0.05) is 0 Å². The van der Waals surface area contributed by atoms with E-state index in [4.69, 9.17) is 9.47 Å². The normalized spacial score (nSPS) is 25.2. The van der Waals surface area contributed by atoms with Crippen LogP contribution in [0.15, 0.2) is 12.4 Å². The molecule has 3 rings (SSSR count). The lowest BCUT2D eigenvalue weighted by molar-refractivity contribution is -0.187. The summed E-state index contributed by atoms with van der Waals surface area (Å²) in [7, 11) is 0. The van der Waals surface area contributed by atoms with E-state index >= 15 is 0 Å². The molecule has 0 saturated carbocycles. The first-order valence-electron chi connectivity index (χ1n) is 9.69. The van der Waals surface area contributed by atoms with Gasteiger partial charge in [0.15, 0.2) is 0 Å². The highest BCUT2D eigenvalue weighted by atomic mass is 16.6. The molecule has 1 aromatic heterocycles. The van der Waals surface area contributed by atoms with Crippen LogP contribution in [0.2, 0.25) is 0 Å². The number of hydrogen-bond acceptors (Lipinski definition) is 5. The summed E-state index contributed by atoms with van der Waals surface area (Å²) >= 11 is 0. The van der Waals surface area contributed by atoms with Crippen molar-refractivity contribution in [2.45, 2.75) is 51.2 Å². The topological polar surface area (TPSA) is 96.5 Å². The minimum atomic E-state index is -0.340. The van der Waals surface area contributed by atoms with Crippen molar-refractivity contribution >= 4 is 11.8 Å². The van der Waals surface area contributed by atoms with Crippen molar-refractivity contribution in [3.05, 3.63) is 18.0 Å². The molecule has 27 heavy (non-hydrogen) atoms. The molecule has 0 aromatic carbocycles. The van der Waals surface area contributed by atoms with Crippen molar-refractivity contribution in [1.82, 2.24) is 20.4 Å². The van der Waals surface area contributed by atoms with Gasteiger partial charge in [-0.25, -0.2) is 0 Å². The molecule has 8 nitrogen and oxygen atoms in total. The Balaban J connectivity index is 1.41. The predicted molar refractivity (Wildman–Crippen MR) is 99.0 cm³/mol. The van der Waals surface area contributed by atoms with Crippen LogP contribution in [-0.2, 0) is 25.5 Å². The van der Waals surface area contributed by atoms with Gasteiger partial charge in [0.1, 0.15) is 0 Å². The summed E-state index contributed by atoms with van der Waals surface area (Å²) in [6.07, 6.45) is 5.84. The summed E-state index contributed by atoms with van der Waals surface area (Å²) in [4.78, 5) is 26.6. The van der Waals surface area contributed by atoms with Gasteiger partial charge >= 0.3 is 0 Å². The van der Waals surface area contributed by atoms with Gasteiger partial charge in [0.05, 0.1) is 44.0 Å². The number of nitrogens with zero attached hydrogens (tertiary/aromatic N) is 2. The van der Waals surface area contributed by atoms with Gasteiger partial charge in [-0.15, -0.1) is 0 Å². The summed E-state index contributed by atoms with van der Waals surface area (Å²) < 4.78 is 11.5. The molecule has 8 heteroatoms. The second-order valence-electron chi connectivity index (χ2n) is 8.15. The summed E-state index contributed by atoms with van der Waals surface area (Å²) in [6, 6.07) is 0. The van der Waals surface area contributed by atoms with Crippen LogP contribution in [0, 0.1) is 5.92 Å². The quantitative estimate of drug-likeness (QED) is 0.766. The zero-order valence-electron chi connectivity index (χ0n) is 16.2. The van der Waals surface area contributed by atoms with E-state index in [1.807, 2.05) is 18.7 Å². The van der Waals surface area contributed by atoms with E-state index in [2.05, 4.69) is 15.5 Å². The minimum Gasteiger partial charge on any atom is -0.376 e. The van der Waals surface area contributed by atoms with Gasteiger partial charge in [-0.05, 0) is 38.2 Å². The summed E-state index contributed by atoms with van der Waals surface area (Å²) in [5, 5.41) is 9.53. The molecule has 0 bridgehead atoms. The number of rotatable bonds is 6. The van der Waals surface area contributed by atoms with Crippen molar-refractivity contribution in [2.75, 3.05) is 32.8 Å². The number of H-pyrrole nitrogens is 1. The lowest BCUT2D eigenvalue weighted by Gasteiger charge is -2.38. The summed E-state index contributed by atoms with van der Waals surface area (Å²) in [5.41, 5.74) is 0.526. The van der Waals surface area contributed by atoms with Crippen LogP contribution in [0.3, 0.4) is 0 Å². The van der Waals surface area contributed by atoms with Crippen molar-refractivity contribution in [3.63, 3.8) is 0 Å². The summed E-state index contributed by atoms with van der Waals surface area (Å²) in [6.45, 7) is 7.03. The lowest BCUT2D eigenvalue weighted by Crippen LogP contribution is -2.48. The molecule has 2 aliphatic heterocycles. The third-order valence-corrected chi connectivity index (χ3v) is 5.02. The van der Waals surface area contributed by atoms with Crippen molar-refractivity contribution in [2.24, 2.45) is 5.92 Å². The zero-order chi connectivity index (χ0) is 19.3. The molecule has 3 heterocycles. The Morgan fingerprint density at radius 1 is 1.44 bits per heavy atom. The summed E-state index contributed by atoms with van der Waals surface area (Å²) in [5.74, 6) is 0.376. The molecule has 2 amide bonds. The van der Waals surface area contributed by atoms with Crippen LogP contribution >= 0.6 is 0 Å². The first-order chi connectivity index (χ1) is 12.9. The van der Waals surface area contributed by atoms with E-state index in [1.165, 1.54) is 0 Å². The average Bonchev–Trinajstić information content (AvgIpc) is 3.12. The van der Waals surface area contributed by atoms with Crippen LogP contribution in [0.4, 0.5) is 0 Å². The van der Waals surface area contributed by atoms with E-state index < -0.39 is 0 Å². The van der Waals surface area contributed by atoms with Gasteiger partial charge < -0.3 is 19.7 Å². The molecular formula is C19H30N4O4. The van der Waals surface area contributed by atoms with Gasteiger partial charge in [0.2, 0.25) is 11.8 Å². The number of likely N-dealkylation sites (tertiary alicyclic amines) is 1. The Bertz CT molecular complexity index is 632. The molecule has 0 aliphatic carbocycles. The maximum Gasteiger partial charge on any atom is 0.225 e. The number of carbonyl (C=O) groups is 2. The number of hydrogen-bond donors (Lipinski definition) is 2. The number of nitrogens with one attached hydrogen (secondary N) is 2. The van der Waals surface area contributed by atoms with Crippen LogP contribution in [0.1, 0.15) is 38.7 Å². The number of aromatic nitrogens is 2. The first-order valence-corrected chi connectivity index (χ1v) is 9.69. The van der Waals surface area contributed by atoms with Gasteiger partial charge in [0.25, 0.3) is 0 Å². The Morgan fingerprint density at radius 2 is 2.30 bits per heavy atom. The molecule has 2 atom stereocenters. The van der Waals surface area contributed by atoms with Gasteiger partial charge in [0, 0.05) is 25.8 Å². The van der Waals surface area contributed by atoms with Crippen molar-refractivity contribution < 1.29 is 19.1 Å². The molecule has 0 radical (unpaired) electrons. The van der Waals surface area contributed by atoms with Crippen molar-refractivity contribution in [3.8, 4) is 0 Å². The molecule has 150 valence electrons. The average molecular weight is 378 g/mol. The minimum absolute atomic E-state index is 0.0187. The largest absolute Gasteiger partial charge is 0.376 e. The Hall–Kier alpha value is -1.93. The van der Waals surface area contributed by atoms with Gasteiger partial charge in [-0.2, -0.15) is 5.10 Å². The van der Waals surface area contributed by atoms with E-state index in [9.17, 15) is 9.59 Å². The predicted octanol–water partition coefficient (Wildman–Crippen LogP) is 0.891. The first kappa shape index (κ1) is 19.8. The number of ether oxygens (including phenoxy) is 2. The van der Waals surface area contributed by atoms with E-state index in [0.29, 0.717) is 39.1 Å². The third-order valence-electron chi connectivity index (χ3n) is 5.02. The molecule has 0 spiro atoms. The third kappa shape index (κ3) is 6.04. The molecule has 2 saturated heterocycles. The van der Waals surface area contributed by atoms with Gasteiger partial charge in [-0.3, -0.25) is 14.7 Å². The van der Waals surface area contributed by atoms with E-state index in [-0.39, 0.29) is 29.4 Å². The second-order valence-corrected chi connectivity index (χ2v) is 8.15. The second kappa shape index (κ2) is 8.84. The maximum absolute atomic E-state index is 12.7. The lowest BCUT2D eigenvalue weighted by atomic mass is 9.97. The van der Waals surface area contributed by atoms with Crippen LogP contribution in [0.25, 0.3) is 0 Å². The molecule has 2 fully saturated rings. The molecular weight excluding hydrogens is 348 g/mol. The highest BCUT2D eigenvalue weighted by Gasteiger charge is 2.32.